The highest BCUT2D eigenvalue weighted by molar-refractivity contribution is 6.11. The standard InChI is InChI=1S/C16H15NO4/c1-20-12-7-8-14(21-2)13(9-12)15(18)10-3-5-11(6-4-10)16(17)19/h3-9H,1-2H3,(H2,17,19). The van der Waals surface area contributed by atoms with E-state index >= 15 is 0 Å². The number of carbonyl (C=O) groups is 2. The Morgan fingerprint density at radius 2 is 1.52 bits per heavy atom. The van der Waals surface area contributed by atoms with Gasteiger partial charge in [0.05, 0.1) is 19.8 Å². The number of carbonyl (C=O) groups excluding carboxylic acids is 2. The van der Waals surface area contributed by atoms with Gasteiger partial charge < -0.3 is 15.2 Å². The maximum absolute atomic E-state index is 12.5. The summed E-state index contributed by atoms with van der Waals surface area (Å²) in [6.07, 6.45) is 0. The fourth-order valence-electron chi connectivity index (χ4n) is 1.93. The number of hydrogen-bond acceptors (Lipinski definition) is 4. The molecule has 0 atom stereocenters. The van der Waals surface area contributed by atoms with Crippen molar-refractivity contribution in [3.05, 3.63) is 59.2 Å². The van der Waals surface area contributed by atoms with Crippen LogP contribution in [0.4, 0.5) is 0 Å². The predicted molar refractivity (Wildman–Crippen MR) is 77.9 cm³/mol. The highest BCUT2D eigenvalue weighted by atomic mass is 16.5. The summed E-state index contributed by atoms with van der Waals surface area (Å²) < 4.78 is 10.3. The van der Waals surface area contributed by atoms with E-state index < -0.39 is 5.91 Å². The molecule has 0 spiro atoms. The maximum atomic E-state index is 12.5. The summed E-state index contributed by atoms with van der Waals surface area (Å²) in [4.78, 5) is 23.6. The summed E-state index contributed by atoms with van der Waals surface area (Å²) in [6.45, 7) is 0. The van der Waals surface area contributed by atoms with Crippen LogP contribution < -0.4 is 15.2 Å². The SMILES string of the molecule is COc1ccc(OC)c(C(=O)c2ccc(C(N)=O)cc2)c1. The van der Waals surface area contributed by atoms with E-state index in [-0.39, 0.29) is 5.78 Å². The van der Waals surface area contributed by atoms with E-state index in [2.05, 4.69) is 0 Å². The van der Waals surface area contributed by atoms with Crippen molar-refractivity contribution in [2.45, 2.75) is 0 Å². The van der Waals surface area contributed by atoms with Gasteiger partial charge in [-0.05, 0) is 30.3 Å². The molecule has 21 heavy (non-hydrogen) atoms. The second-order valence-electron chi connectivity index (χ2n) is 4.34. The van der Waals surface area contributed by atoms with E-state index in [9.17, 15) is 9.59 Å². The van der Waals surface area contributed by atoms with Gasteiger partial charge in [0.25, 0.3) is 0 Å². The summed E-state index contributed by atoms with van der Waals surface area (Å²) in [6, 6.07) is 11.1. The van der Waals surface area contributed by atoms with Crippen LogP contribution in [0.5, 0.6) is 11.5 Å². The zero-order valence-corrected chi connectivity index (χ0v) is 11.8. The average Bonchev–Trinajstić information content (AvgIpc) is 2.53. The molecule has 5 nitrogen and oxygen atoms in total. The Bertz CT molecular complexity index is 677. The molecule has 0 saturated carbocycles. The Balaban J connectivity index is 2.41. The number of methoxy groups -OCH3 is 2. The molecule has 0 aliphatic heterocycles. The van der Waals surface area contributed by atoms with Gasteiger partial charge in [0.15, 0.2) is 5.78 Å². The van der Waals surface area contributed by atoms with Crippen molar-refractivity contribution in [3.8, 4) is 11.5 Å². The zero-order valence-electron chi connectivity index (χ0n) is 11.8. The monoisotopic (exact) mass is 285 g/mol. The molecular formula is C16H15NO4. The number of primary amides is 1. The van der Waals surface area contributed by atoms with Crippen LogP contribution in [0.2, 0.25) is 0 Å². The van der Waals surface area contributed by atoms with Gasteiger partial charge in [0.2, 0.25) is 5.91 Å². The lowest BCUT2D eigenvalue weighted by molar-refractivity contribution is 0.0996. The highest BCUT2D eigenvalue weighted by Gasteiger charge is 2.16. The van der Waals surface area contributed by atoms with Gasteiger partial charge in [-0.3, -0.25) is 9.59 Å². The molecular weight excluding hydrogens is 270 g/mol. The zero-order chi connectivity index (χ0) is 15.4. The van der Waals surface area contributed by atoms with E-state index in [4.69, 9.17) is 15.2 Å². The Labute approximate surface area is 122 Å². The van der Waals surface area contributed by atoms with Crippen LogP contribution in [0.3, 0.4) is 0 Å². The fraction of sp³-hybridized carbons (Fsp3) is 0.125. The molecule has 2 aromatic carbocycles. The maximum Gasteiger partial charge on any atom is 0.248 e. The fourth-order valence-corrected chi connectivity index (χ4v) is 1.93. The number of ketones is 1. The first kappa shape index (κ1) is 14.6. The van der Waals surface area contributed by atoms with Crippen molar-refractivity contribution in [2.24, 2.45) is 5.73 Å². The van der Waals surface area contributed by atoms with E-state index in [1.807, 2.05) is 0 Å². The minimum atomic E-state index is -0.534. The van der Waals surface area contributed by atoms with E-state index in [1.165, 1.54) is 26.4 Å². The molecule has 108 valence electrons. The van der Waals surface area contributed by atoms with Crippen LogP contribution >= 0.6 is 0 Å². The molecule has 1 amide bonds. The lowest BCUT2D eigenvalue weighted by Crippen LogP contribution is -2.11. The smallest absolute Gasteiger partial charge is 0.248 e. The predicted octanol–water partition coefficient (Wildman–Crippen LogP) is 2.03. The molecule has 0 bridgehead atoms. The molecule has 0 fully saturated rings. The minimum absolute atomic E-state index is 0.221. The summed E-state index contributed by atoms with van der Waals surface area (Å²) in [5.41, 5.74) is 6.35. The van der Waals surface area contributed by atoms with E-state index in [0.29, 0.717) is 28.2 Å². The number of rotatable bonds is 5. The molecule has 2 aromatic rings. The molecule has 0 aromatic heterocycles. The van der Waals surface area contributed by atoms with Crippen molar-refractivity contribution >= 4 is 11.7 Å². The van der Waals surface area contributed by atoms with Crippen LogP contribution in [0.15, 0.2) is 42.5 Å². The quantitative estimate of drug-likeness (QED) is 0.853. The van der Waals surface area contributed by atoms with Crippen LogP contribution in [-0.4, -0.2) is 25.9 Å². The number of benzene rings is 2. The van der Waals surface area contributed by atoms with Crippen molar-refractivity contribution in [1.82, 2.24) is 0 Å². The van der Waals surface area contributed by atoms with Gasteiger partial charge in [-0.25, -0.2) is 0 Å². The van der Waals surface area contributed by atoms with Crippen LogP contribution in [0.1, 0.15) is 26.3 Å². The summed E-state index contributed by atoms with van der Waals surface area (Å²) in [5, 5.41) is 0. The van der Waals surface area contributed by atoms with Gasteiger partial charge in [-0.2, -0.15) is 0 Å². The van der Waals surface area contributed by atoms with Crippen LogP contribution in [0.25, 0.3) is 0 Å². The molecule has 2 N–H and O–H groups in total. The van der Waals surface area contributed by atoms with Gasteiger partial charge in [-0.1, -0.05) is 12.1 Å². The largest absolute Gasteiger partial charge is 0.497 e. The molecule has 0 aliphatic rings. The highest BCUT2D eigenvalue weighted by Crippen LogP contribution is 2.26. The Kier molecular flexibility index (Phi) is 4.23. The third kappa shape index (κ3) is 3.02. The summed E-state index contributed by atoms with van der Waals surface area (Å²) in [5.74, 6) is 0.266. The first-order chi connectivity index (χ1) is 10.1. The first-order valence-electron chi connectivity index (χ1n) is 6.23. The minimum Gasteiger partial charge on any atom is -0.497 e. The lowest BCUT2D eigenvalue weighted by Gasteiger charge is -2.10. The third-order valence-corrected chi connectivity index (χ3v) is 3.08. The second kappa shape index (κ2) is 6.09. The van der Waals surface area contributed by atoms with Crippen molar-refractivity contribution in [3.63, 3.8) is 0 Å². The summed E-state index contributed by atoms with van der Waals surface area (Å²) >= 11 is 0. The van der Waals surface area contributed by atoms with Crippen molar-refractivity contribution in [2.75, 3.05) is 14.2 Å². The number of ether oxygens (including phenoxy) is 2. The molecule has 0 saturated heterocycles. The van der Waals surface area contributed by atoms with Crippen molar-refractivity contribution < 1.29 is 19.1 Å². The Morgan fingerprint density at radius 3 is 2.05 bits per heavy atom. The topological polar surface area (TPSA) is 78.6 Å². The molecule has 5 heteroatoms. The lowest BCUT2D eigenvalue weighted by atomic mass is 10.0. The molecule has 2 rings (SSSR count). The van der Waals surface area contributed by atoms with Crippen molar-refractivity contribution in [1.29, 1.82) is 0 Å². The molecule has 0 aliphatic carbocycles. The van der Waals surface area contributed by atoms with Gasteiger partial charge in [0.1, 0.15) is 11.5 Å². The van der Waals surface area contributed by atoms with Gasteiger partial charge in [-0.15, -0.1) is 0 Å². The van der Waals surface area contributed by atoms with Crippen LogP contribution in [0, 0.1) is 0 Å². The Morgan fingerprint density at radius 1 is 0.905 bits per heavy atom. The number of hydrogen-bond donors (Lipinski definition) is 1. The summed E-state index contributed by atoms with van der Waals surface area (Å²) in [7, 11) is 3.02. The Hall–Kier alpha value is -2.82. The molecule has 0 heterocycles. The van der Waals surface area contributed by atoms with Gasteiger partial charge in [0, 0.05) is 11.1 Å². The van der Waals surface area contributed by atoms with Crippen LogP contribution in [-0.2, 0) is 0 Å². The third-order valence-electron chi connectivity index (χ3n) is 3.08. The van der Waals surface area contributed by atoms with E-state index in [0.717, 1.165) is 0 Å². The first-order valence-corrected chi connectivity index (χ1v) is 6.23. The van der Waals surface area contributed by atoms with Gasteiger partial charge >= 0.3 is 0 Å². The molecule has 0 unspecified atom stereocenters. The normalized spacial score (nSPS) is 10.0. The van der Waals surface area contributed by atoms with E-state index in [1.54, 1.807) is 30.3 Å². The molecule has 0 radical (unpaired) electrons. The number of nitrogens with two attached hydrogens (primary N) is 1. The second-order valence-corrected chi connectivity index (χ2v) is 4.34. The average molecular weight is 285 g/mol. The number of amides is 1.